The molecule has 0 radical (unpaired) electrons. The Labute approximate surface area is 102 Å². The number of nitrogens with zero attached hydrogens (tertiary/aromatic N) is 1. The Bertz CT molecular complexity index is 242. The van der Waals surface area contributed by atoms with Crippen molar-refractivity contribution in [1.82, 2.24) is 4.90 Å². The first kappa shape index (κ1) is 13.8. The molecular weight excluding hydrogens is 194 g/mol. The summed E-state index contributed by atoms with van der Waals surface area (Å²) in [6, 6.07) is 0.732. The van der Waals surface area contributed by atoms with Crippen molar-refractivity contribution in [2.24, 2.45) is 11.3 Å². The minimum Gasteiger partial charge on any atom is -0.303 e. The fourth-order valence-corrected chi connectivity index (χ4v) is 3.14. The standard InChI is InChI=1S/C15H29N/c1-7-12(2)14-10-8-9-13(3)16(6)11-15(14,4)5/h13-14H,2,7-11H2,1,3-6H3. The monoisotopic (exact) mass is 223 g/mol. The van der Waals surface area contributed by atoms with Gasteiger partial charge in [0.25, 0.3) is 0 Å². The van der Waals surface area contributed by atoms with Gasteiger partial charge in [0.1, 0.15) is 0 Å². The van der Waals surface area contributed by atoms with Crippen LogP contribution >= 0.6 is 0 Å². The van der Waals surface area contributed by atoms with Crippen molar-refractivity contribution in [1.29, 1.82) is 0 Å². The van der Waals surface area contributed by atoms with Crippen molar-refractivity contribution < 1.29 is 0 Å². The van der Waals surface area contributed by atoms with Crippen LogP contribution in [-0.2, 0) is 0 Å². The Morgan fingerprint density at radius 1 is 1.38 bits per heavy atom. The second-order valence-electron chi connectivity index (χ2n) is 6.25. The van der Waals surface area contributed by atoms with E-state index in [2.05, 4.69) is 46.2 Å². The van der Waals surface area contributed by atoms with Crippen LogP contribution in [-0.4, -0.2) is 24.5 Å². The van der Waals surface area contributed by atoms with E-state index in [-0.39, 0.29) is 0 Å². The van der Waals surface area contributed by atoms with E-state index in [1.54, 1.807) is 0 Å². The van der Waals surface area contributed by atoms with Gasteiger partial charge in [-0.2, -0.15) is 0 Å². The fraction of sp³-hybridized carbons (Fsp3) is 0.867. The van der Waals surface area contributed by atoms with Gasteiger partial charge in [-0.25, -0.2) is 0 Å². The van der Waals surface area contributed by atoms with Crippen molar-refractivity contribution in [2.45, 2.75) is 59.4 Å². The highest BCUT2D eigenvalue weighted by Gasteiger charge is 2.34. The lowest BCUT2D eigenvalue weighted by Crippen LogP contribution is -2.43. The normalized spacial score (nSPS) is 31.8. The largest absolute Gasteiger partial charge is 0.303 e. The molecule has 1 aliphatic rings. The average molecular weight is 223 g/mol. The Kier molecular flexibility index (Phi) is 4.61. The molecule has 1 heteroatoms. The lowest BCUT2D eigenvalue weighted by atomic mass is 9.70. The number of likely N-dealkylation sites (tertiary alicyclic amines) is 1. The molecule has 0 spiro atoms. The molecule has 2 unspecified atom stereocenters. The van der Waals surface area contributed by atoms with Gasteiger partial charge >= 0.3 is 0 Å². The smallest absolute Gasteiger partial charge is 0.00641 e. The van der Waals surface area contributed by atoms with Gasteiger partial charge in [-0.1, -0.05) is 39.3 Å². The molecule has 0 aromatic rings. The molecule has 1 saturated heterocycles. The summed E-state index contributed by atoms with van der Waals surface area (Å²) in [7, 11) is 2.27. The van der Waals surface area contributed by atoms with Crippen molar-refractivity contribution in [3.63, 3.8) is 0 Å². The van der Waals surface area contributed by atoms with E-state index in [1.165, 1.54) is 31.4 Å². The van der Waals surface area contributed by atoms with Gasteiger partial charge < -0.3 is 4.90 Å². The van der Waals surface area contributed by atoms with Gasteiger partial charge in [0.15, 0.2) is 0 Å². The molecule has 0 amide bonds. The quantitative estimate of drug-likeness (QED) is 0.637. The van der Waals surface area contributed by atoms with Crippen LogP contribution in [0.5, 0.6) is 0 Å². The summed E-state index contributed by atoms with van der Waals surface area (Å²) in [5.41, 5.74) is 1.82. The zero-order valence-corrected chi connectivity index (χ0v) is 11.8. The van der Waals surface area contributed by atoms with Crippen LogP contribution in [0.15, 0.2) is 12.2 Å². The summed E-state index contributed by atoms with van der Waals surface area (Å²) in [5.74, 6) is 0.701. The molecule has 0 bridgehead atoms. The topological polar surface area (TPSA) is 3.24 Å². The zero-order valence-electron chi connectivity index (χ0n) is 11.8. The van der Waals surface area contributed by atoms with Crippen molar-refractivity contribution in [3.8, 4) is 0 Å². The first-order valence-electron chi connectivity index (χ1n) is 6.76. The predicted octanol–water partition coefficient (Wildman–Crippen LogP) is 4.10. The Morgan fingerprint density at radius 2 is 2.00 bits per heavy atom. The molecule has 1 nitrogen and oxygen atoms in total. The second kappa shape index (κ2) is 5.35. The van der Waals surface area contributed by atoms with E-state index in [4.69, 9.17) is 0 Å². The molecule has 1 rings (SSSR count). The van der Waals surface area contributed by atoms with Crippen LogP contribution in [0.1, 0.15) is 53.4 Å². The van der Waals surface area contributed by atoms with E-state index < -0.39 is 0 Å². The Morgan fingerprint density at radius 3 is 2.56 bits per heavy atom. The third-order valence-electron chi connectivity index (χ3n) is 4.41. The van der Waals surface area contributed by atoms with Crippen LogP contribution < -0.4 is 0 Å². The highest BCUT2D eigenvalue weighted by molar-refractivity contribution is 5.06. The highest BCUT2D eigenvalue weighted by Crippen LogP contribution is 2.39. The Hall–Kier alpha value is -0.300. The third-order valence-corrected chi connectivity index (χ3v) is 4.41. The van der Waals surface area contributed by atoms with E-state index in [1.807, 2.05) is 0 Å². The van der Waals surface area contributed by atoms with E-state index in [0.717, 1.165) is 12.5 Å². The van der Waals surface area contributed by atoms with Gasteiger partial charge in [-0.3, -0.25) is 0 Å². The molecule has 16 heavy (non-hydrogen) atoms. The molecule has 0 aromatic carbocycles. The van der Waals surface area contributed by atoms with Gasteiger partial charge in [0.2, 0.25) is 0 Å². The summed E-state index contributed by atoms with van der Waals surface area (Å²) in [6.07, 6.45) is 5.14. The fourth-order valence-electron chi connectivity index (χ4n) is 3.14. The summed E-state index contributed by atoms with van der Waals surface area (Å²) in [4.78, 5) is 2.52. The van der Waals surface area contributed by atoms with Crippen molar-refractivity contribution in [3.05, 3.63) is 12.2 Å². The minimum atomic E-state index is 0.372. The highest BCUT2D eigenvalue weighted by atomic mass is 15.1. The van der Waals surface area contributed by atoms with Gasteiger partial charge in [0, 0.05) is 12.6 Å². The van der Waals surface area contributed by atoms with Crippen molar-refractivity contribution >= 4 is 0 Å². The third kappa shape index (κ3) is 3.10. The molecule has 1 aliphatic heterocycles. The first-order valence-corrected chi connectivity index (χ1v) is 6.76. The molecule has 1 heterocycles. The molecular formula is C15H29N. The lowest BCUT2D eigenvalue weighted by Gasteiger charge is -2.43. The van der Waals surface area contributed by atoms with E-state index in [9.17, 15) is 0 Å². The van der Waals surface area contributed by atoms with Crippen molar-refractivity contribution in [2.75, 3.05) is 13.6 Å². The number of hydrogen-bond acceptors (Lipinski definition) is 1. The molecule has 0 N–H and O–H groups in total. The molecule has 1 fully saturated rings. The molecule has 2 atom stereocenters. The summed E-state index contributed by atoms with van der Waals surface area (Å²) in [5, 5.41) is 0. The number of hydrogen-bond donors (Lipinski definition) is 0. The first-order chi connectivity index (χ1) is 7.38. The maximum Gasteiger partial charge on any atom is 0.00641 e. The van der Waals surface area contributed by atoms with Crippen LogP contribution in [0.3, 0.4) is 0 Å². The number of rotatable bonds is 2. The summed E-state index contributed by atoms with van der Waals surface area (Å²) in [6.45, 7) is 14.9. The van der Waals surface area contributed by atoms with Crippen LogP contribution in [0, 0.1) is 11.3 Å². The maximum atomic E-state index is 4.29. The van der Waals surface area contributed by atoms with E-state index >= 15 is 0 Å². The SMILES string of the molecule is C=C(CC)C1CCCC(C)N(C)CC1(C)C. The molecule has 0 saturated carbocycles. The van der Waals surface area contributed by atoms with Crippen LogP contribution in [0.25, 0.3) is 0 Å². The van der Waals surface area contributed by atoms with Gasteiger partial charge in [-0.05, 0) is 44.6 Å². The number of allylic oxidation sites excluding steroid dienone is 1. The molecule has 0 aromatic heterocycles. The van der Waals surface area contributed by atoms with Gasteiger partial charge in [0.05, 0.1) is 0 Å². The van der Waals surface area contributed by atoms with Crippen LogP contribution in [0.2, 0.25) is 0 Å². The molecule has 0 aliphatic carbocycles. The van der Waals surface area contributed by atoms with Gasteiger partial charge in [-0.15, -0.1) is 0 Å². The predicted molar refractivity (Wildman–Crippen MR) is 72.6 cm³/mol. The van der Waals surface area contributed by atoms with Crippen LogP contribution in [0.4, 0.5) is 0 Å². The minimum absolute atomic E-state index is 0.372. The second-order valence-corrected chi connectivity index (χ2v) is 6.25. The molecule has 94 valence electrons. The van der Waals surface area contributed by atoms with E-state index in [0.29, 0.717) is 11.3 Å². The lowest BCUT2D eigenvalue weighted by molar-refractivity contribution is 0.0954. The summed E-state index contributed by atoms with van der Waals surface area (Å²) >= 11 is 0. The Balaban J connectivity index is 2.81. The average Bonchev–Trinajstić information content (AvgIpc) is 2.20. The zero-order chi connectivity index (χ0) is 12.3. The maximum absolute atomic E-state index is 4.29. The summed E-state index contributed by atoms with van der Waals surface area (Å²) < 4.78 is 0.